The number of rotatable bonds is 4. The molecule has 1 aromatic rings. The highest BCUT2D eigenvalue weighted by molar-refractivity contribution is 5.80. The zero-order valence-electron chi connectivity index (χ0n) is 16.5. The summed E-state index contributed by atoms with van der Waals surface area (Å²) in [5, 5.41) is 0. The van der Waals surface area contributed by atoms with Gasteiger partial charge in [0.05, 0.1) is 6.04 Å². The van der Waals surface area contributed by atoms with E-state index in [2.05, 4.69) is 27.0 Å². The SMILES string of the molecule is C/C=C(\C=NC)C(c1cccnc1)N1CCN(C(=O)OC(C)(C)C)CC1. The van der Waals surface area contributed by atoms with Crippen LogP contribution in [-0.2, 0) is 4.74 Å². The number of amides is 1. The summed E-state index contributed by atoms with van der Waals surface area (Å²) in [6, 6.07) is 4.12. The Hall–Kier alpha value is -2.21. The van der Waals surface area contributed by atoms with Gasteiger partial charge in [-0.1, -0.05) is 12.1 Å². The first-order valence-corrected chi connectivity index (χ1v) is 9.06. The molecule has 2 heterocycles. The molecule has 2 rings (SSSR count). The number of hydrogen-bond acceptors (Lipinski definition) is 5. The lowest BCUT2D eigenvalue weighted by Gasteiger charge is -2.40. The lowest BCUT2D eigenvalue weighted by Crippen LogP contribution is -2.51. The Morgan fingerprint density at radius 1 is 1.31 bits per heavy atom. The maximum absolute atomic E-state index is 12.3. The number of pyridine rings is 1. The number of aliphatic imine (C=N–C) groups is 1. The standard InChI is InChI=1S/C20H30N4O2/c1-6-16(14-21-5)18(17-8-7-9-22-15-17)23-10-12-24(13-11-23)19(25)26-20(2,3)4/h6-9,14-15,18H,10-13H2,1-5H3/b16-6+,21-14?. The molecule has 1 saturated heterocycles. The van der Waals surface area contributed by atoms with Gasteiger partial charge in [-0.15, -0.1) is 0 Å². The molecule has 0 saturated carbocycles. The van der Waals surface area contributed by atoms with Crippen LogP contribution in [0.5, 0.6) is 0 Å². The van der Waals surface area contributed by atoms with E-state index in [0.29, 0.717) is 13.1 Å². The van der Waals surface area contributed by atoms with Crippen LogP contribution in [0.25, 0.3) is 0 Å². The van der Waals surface area contributed by atoms with Crippen molar-refractivity contribution in [3.8, 4) is 0 Å². The van der Waals surface area contributed by atoms with Gasteiger partial charge in [0.15, 0.2) is 0 Å². The van der Waals surface area contributed by atoms with Crippen molar-refractivity contribution in [3.05, 3.63) is 41.7 Å². The molecule has 0 radical (unpaired) electrons. The van der Waals surface area contributed by atoms with Gasteiger partial charge in [0, 0.05) is 51.8 Å². The molecule has 1 atom stereocenters. The minimum absolute atomic E-state index is 0.0817. The summed E-state index contributed by atoms with van der Waals surface area (Å²) in [5.41, 5.74) is 1.79. The number of carbonyl (C=O) groups is 1. The van der Waals surface area contributed by atoms with E-state index in [1.807, 2.05) is 46.2 Å². The van der Waals surface area contributed by atoms with Crippen molar-refractivity contribution in [3.63, 3.8) is 0 Å². The smallest absolute Gasteiger partial charge is 0.410 e. The van der Waals surface area contributed by atoms with Gasteiger partial charge in [0.2, 0.25) is 0 Å². The number of nitrogens with zero attached hydrogens (tertiary/aromatic N) is 4. The fourth-order valence-electron chi connectivity index (χ4n) is 3.09. The van der Waals surface area contributed by atoms with E-state index in [9.17, 15) is 4.79 Å². The highest BCUT2D eigenvalue weighted by Gasteiger charge is 2.30. The monoisotopic (exact) mass is 358 g/mol. The Balaban J connectivity index is 2.13. The minimum atomic E-state index is -0.470. The van der Waals surface area contributed by atoms with E-state index in [1.165, 1.54) is 0 Å². The van der Waals surface area contributed by atoms with E-state index in [-0.39, 0.29) is 12.1 Å². The molecule has 0 N–H and O–H groups in total. The topological polar surface area (TPSA) is 58.0 Å². The largest absolute Gasteiger partial charge is 0.444 e. The Bertz CT molecular complexity index is 642. The number of allylic oxidation sites excluding steroid dienone is 1. The molecule has 0 aromatic carbocycles. The predicted octanol–water partition coefficient (Wildman–Crippen LogP) is 3.32. The third-order valence-corrected chi connectivity index (χ3v) is 4.26. The van der Waals surface area contributed by atoms with Crippen molar-refractivity contribution in [2.75, 3.05) is 33.2 Å². The maximum Gasteiger partial charge on any atom is 0.410 e. The van der Waals surface area contributed by atoms with Crippen LogP contribution >= 0.6 is 0 Å². The Morgan fingerprint density at radius 3 is 2.50 bits per heavy atom. The molecule has 1 fully saturated rings. The number of piperazine rings is 1. The molecule has 0 spiro atoms. The van der Waals surface area contributed by atoms with Crippen molar-refractivity contribution in [1.29, 1.82) is 0 Å². The van der Waals surface area contributed by atoms with Gasteiger partial charge in [-0.25, -0.2) is 4.79 Å². The zero-order valence-corrected chi connectivity index (χ0v) is 16.5. The van der Waals surface area contributed by atoms with E-state index >= 15 is 0 Å². The molecule has 1 aromatic heterocycles. The summed E-state index contributed by atoms with van der Waals surface area (Å²) in [6.45, 7) is 10.5. The summed E-state index contributed by atoms with van der Waals surface area (Å²) >= 11 is 0. The molecule has 0 aliphatic carbocycles. The summed E-state index contributed by atoms with van der Waals surface area (Å²) < 4.78 is 5.49. The number of hydrogen-bond donors (Lipinski definition) is 0. The van der Waals surface area contributed by atoms with Crippen LogP contribution in [0, 0.1) is 0 Å². The first kappa shape index (κ1) is 20.1. The Labute approximate surface area is 156 Å². The van der Waals surface area contributed by atoms with Gasteiger partial charge in [0.1, 0.15) is 5.60 Å². The van der Waals surface area contributed by atoms with Gasteiger partial charge in [0.25, 0.3) is 0 Å². The minimum Gasteiger partial charge on any atom is -0.444 e. The normalized spacial score (nSPS) is 18.2. The fraction of sp³-hybridized carbons (Fsp3) is 0.550. The lowest BCUT2D eigenvalue weighted by atomic mass is 9.98. The highest BCUT2D eigenvalue weighted by atomic mass is 16.6. The second-order valence-corrected chi connectivity index (χ2v) is 7.37. The molecule has 26 heavy (non-hydrogen) atoms. The van der Waals surface area contributed by atoms with Crippen LogP contribution in [0.2, 0.25) is 0 Å². The second-order valence-electron chi connectivity index (χ2n) is 7.37. The quantitative estimate of drug-likeness (QED) is 0.775. The van der Waals surface area contributed by atoms with Gasteiger partial charge in [-0.2, -0.15) is 0 Å². The highest BCUT2D eigenvalue weighted by Crippen LogP contribution is 2.28. The molecule has 1 aliphatic rings. The van der Waals surface area contributed by atoms with Crippen LogP contribution in [-0.4, -0.2) is 65.9 Å². The fourth-order valence-corrected chi connectivity index (χ4v) is 3.09. The zero-order chi connectivity index (χ0) is 19.2. The average molecular weight is 358 g/mol. The molecule has 1 aliphatic heterocycles. The number of carbonyl (C=O) groups excluding carboxylic acids is 1. The molecule has 1 unspecified atom stereocenters. The van der Waals surface area contributed by atoms with Crippen LogP contribution in [0.15, 0.2) is 41.2 Å². The molecular weight excluding hydrogens is 328 g/mol. The second kappa shape index (κ2) is 8.94. The van der Waals surface area contributed by atoms with Gasteiger partial charge < -0.3 is 9.64 Å². The number of aromatic nitrogens is 1. The van der Waals surface area contributed by atoms with Crippen molar-refractivity contribution in [2.45, 2.75) is 39.3 Å². The molecule has 0 bridgehead atoms. The third-order valence-electron chi connectivity index (χ3n) is 4.26. The molecule has 6 nitrogen and oxygen atoms in total. The van der Waals surface area contributed by atoms with E-state index in [1.54, 1.807) is 18.1 Å². The van der Waals surface area contributed by atoms with E-state index < -0.39 is 5.60 Å². The third kappa shape index (κ3) is 5.39. The van der Waals surface area contributed by atoms with E-state index in [0.717, 1.165) is 24.2 Å². The Morgan fingerprint density at radius 2 is 2.00 bits per heavy atom. The first-order valence-electron chi connectivity index (χ1n) is 9.06. The molecular formula is C20H30N4O2. The van der Waals surface area contributed by atoms with Crippen LogP contribution in [0.3, 0.4) is 0 Å². The average Bonchev–Trinajstić information content (AvgIpc) is 2.61. The molecule has 1 amide bonds. The van der Waals surface area contributed by atoms with Crippen molar-refractivity contribution >= 4 is 12.3 Å². The van der Waals surface area contributed by atoms with Crippen LogP contribution in [0.1, 0.15) is 39.3 Å². The predicted molar refractivity (Wildman–Crippen MR) is 105 cm³/mol. The van der Waals surface area contributed by atoms with Crippen molar-refractivity contribution < 1.29 is 9.53 Å². The van der Waals surface area contributed by atoms with Gasteiger partial charge in [-0.05, 0) is 44.9 Å². The lowest BCUT2D eigenvalue weighted by molar-refractivity contribution is 0.0120. The molecule has 6 heteroatoms. The van der Waals surface area contributed by atoms with Crippen molar-refractivity contribution in [1.82, 2.24) is 14.8 Å². The maximum atomic E-state index is 12.3. The van der Waals surface area contributed by atoms with Crippen LogP contribution < -0.4 is 0 Å². The summed E-state index contributed by atoms with van der Waals surface area (Å²) in [6.07, 6.45) is 7.43. The summed E-state index contributed by atoms with van der Waals surface area (Å²) in [5.74, 6) is 0. The Kier molecular flexibility index (Phi) is 6.91. The van der Waals surface area contributed by atoms with Crippen molar-refractivity contribution in [2.24, 2.45) is 4.99 Å². The first-order chi connectivity index (χ1) is 12.4. The van der Waals surface area contributed by atoms with Crippen LogP contribution in [0.4, 0.5) is 4.79 Å². The van der Waals surface area contributed by atoms with Gasteiger partial charge >= 0.3 is 6.09 Å². The summed E-state index contributed by atoms with van der Waals surface area (Å²) in [7, 11) is 1.78. The molecule has 142 valence electrons. The summed E-state index contributed by atoms with van der Waals surface area (Å²) in [4.78, 5) is 24.9. The van der Waals surface area contributed by atoms with Gasteiger partial charge in [-0.3, -0.25) is 14.9 Å². The van der Waals surface area contributed by atoms with E-state index in [4.69, 9.17) is 4.74 Å². The number of ether oxygens (including phenoxy) is 1.